The van der Waals surface area contributed by atoms with Gasteiger partial charge in [0.15, 0.2) is 11.5 Å². The normalized spacial score (nSPS) is 10.6. The lowest BCUT2D eigenvalue weighted by molar-refractivity contribution is 0.517. The maximum Gasteiger partial charge on any atom is 0.283 e. The highest BCUT2D eigenvalue weighted by Crippen LogP contribution is 2.28. The van der Waals surface area contributed by atoms with Gasteiger partial charge in [-0.2, -0.15) is 4.52 Å². The van der Waals surface area contributed by atoms with E-state index in [1.807, 2.05) is 80.6 Å². The number of anilines is 1. The number of nitrogens with one attached hydrogen (secondary N) is 1. The predicted octanol–water partition coefficient (Wildman–Crippen LogP) is 5.82. The first kappa shape index (κ1) is 22.4. The van der Waals surface area contributed by atoms with Gasteiger partial charge in [0.25, 0.3) is 5.56 Å². The van der Waals surface area contributed by atoms with Crippen LogP contribution >= 0.6 is 12.6 Å². The van der Waals surface area contributed by atoms with Crippen molar-refractivity contribution in [2.24, 2.45) is 0 Å². The highest BCUT2D eigenvalue weighted by atomic mass is 32.1. The van der Waals surface area contributed by atoms with E-state index in [1.165, 1.54) is 4.52 Å². The molecule has 5 aromatic rings. The lowest BCUT2D eigenvalue weighted by Crippen LogP contribution is -2.23. The minimum absolute atomic E-state index is 0.321. The molecule has 0 radical (unpaired) electrons. The molecule has 5 rings (SSSR count). The smallest absolute Gasteiger partial charge is 0.283 e. The quantitative estimate of drug-likeness (QED) is 0.198. The molecule has 1 N–H and O–H groups in total. The van der Waals surface area contributed by atoms with Crippen LogP contribution in [0, 0.1) is 0 Å². The van der Waals surface area contributed by atoms with Gasteiger partial charge in [-0.05, 0) is 23.3 Å². The van der Waals surface area contributed by atoms with E-state index in [0.29, 0.717) is 34.2 Å². The van der Waals surface area contributed by atoms with Gasteiger partial charge in [-0.1, -0.05) is 75.0 Å². The third-order valence-corrected chi connectivity index (χ3v) is 5.42. The summed E-state index contributed by atoms with van der Waals surface area (Å²) in [6.45, 7) is 8.56. The molecule has 3 heterocycles. The Labute approximate surface area is 197 Å². The minimum Gasteiger partial charge on any atom is -0.467 e. The molecule has 0 bridgehead atoms. The summed E-state index contributed by atoms with van der Waals surface area (Å²) >= 11 is 4.53. The zero-order chi connectivity index (χ0) is 23.4. The Balaban J connectivity index is 0.00000126. The summed E-state index contributed by atoms with van der Waals surface area (Å²) in [4.78, 5) is 18.1. The molecule has 0 amide bonds. The van der Waals surface area contributed by atoms with Crippen molar-refractivity contribution in [3.8, 4) is 0 Å². The van der Waals surface area contributed by atoms with Crippen molar-refractivity contribution in [3.63, 3.8) is 0 Å². The van der Waals surface area contributed by atoms with E-state index in [4.69, 9.17) is 4.42 Å². The summed E-state index contributed by atoms with van der Waals surface area (Å²) in [5, 5.41) is 9.83. The number of thiol groups is 1. The second kappa shape index (κ2) is 9.75. The molecule has 166 valence electrons. The van der Waals surface area contributed by atoms with E-state index >= 15 is 0 Å². The molecule has 0 aliphatic carbocycles. The Morgan fingerprint density at radius 3 is 2.42 bits per heavy atom. The van der Waals surface area contributed by atoms with E-state index in [1.54, 1.807) is 6.26 Å². The zero-order valence-corrected chi connectivity index (χ0v) is 19.3. The summed E-state index contributed by atoms with van der Waals surface area (Å²) in [6.07, 6.45) is 1.62. The molecule has 0 aliphatic heterocycles. The molecule has 0 spiro atoms. The fourth-order valence-electron chi connectivity index (χ4n) is 3.57. The predicted molar refractivity (Wildman–Crippen MR) is 136 cm³/mol. The van der Waals surface area contributed by atoms with Gasteiger partial charge in [-0.25, -0.2) is 4.98 Å². The standard InChI is InChI=1S/C24H18N4O2S.C2H6/c1-15(16-8-3-2-4-9-16)20-23(31)26-22-19-12-6-5-11-18(19)21(27-28(22)24(20)29)25-14-17-10-7-13-30-17;1-2/h2-13,31H,1,14H2,(H,25,27);1-2H3. The maximum atomic E-state index is 13.5. The van der Waals surface area contributed by atoms with Gasteiger partial charge < -0.3 is 9.73 Å². The van der Waals surface area contributed by atoms with E-state index in [2.05, 4.69) is 34.6 Å². The second-order valence-corrected chi connectivity index (χ2v) is 7.45. The SMILES string of the molecule is C=C(c1ccccc1)c1c(S)nc2c3ccccc3c(NCc3ccco3)nn2c1=O.CC. The fraction of sp³-hybridized carbons (Fsp3) is 0.115. The maximum absolute atomic E-state index is 13.5. The van der Waals surface area contributed by atoms with Gasteiger partial charge in [0.05, 0.1) is 18.4 Å². The second-order valence-electron chi connectivity index (χ2n) is 7.02. The number of hydrogen-bond acceptors (Lipinski definition) is 6. The lowest BCUT2D eigenvalue weighted by Gasteiger charge is -2.14. The monoisotopic (exact) mass is 456 g/mol. The summed E-state index contributed by atoms with van der Waals surface area (Å²) < 4.78 is 6.72. The first-order valence-corrected chi connectivity index (χ1v) is 11.1. The minimum atomic E-state index is -0.323. The van der Waals surface area contributed by atoms with Crippen LogP contribution in [0.2, 0.25) is 0 Å². The van der Waals surface area contributed by atoms with Gasteiger partial charge in [0.2, 0.25) is 0 Å². The molecule has 0 saturated carbocycles. The average Bonchev–Trinajstić information content (AvgIpc) is 3.38. The van der Waals surface area contributed by atoms with Gasteiger partial charge >= 0.3 is 0 Å². The van der Waals surface area contributed by atoms with E-state index in [0.717, 1.165) is 22.1 Å². The molecule has 0 aliphatic rings. The molecule has 0 fully saturated rings. The molecule has 0 unspecified atom stereocenters. The van der Waals surface area contributed by atoms with Crippen LogP contribution < -0.4 is 10.9 Å². The van der Waals surface area contributed by atoms with Gasteiger partial charge in [-0.15, -0.1) is 17.7 Å². The summed E-state index contributed by atoms with van der Waals surface area (Å²) in [7, 11) is 0. The van der Waals surface area contributed by atoms with Gasteiger partial charge in [0.1, 0.15) is 10.8 Å². The topological polar surface area (TPSA) is 72.4 Å². The Morgan fingerprint density at radius 2 is 1.73 bits per heavy atom. The average molecular weight is 457 g/mol. The molecule has 6 nitrogen and oxygen atoms in total. The number of fused-ring (bicyclic) bond motifs is 3. The van der Waals surface area contributed by atoms with Crippen molar-refractivity contribution in [1.29, 1.82) is 0 Å². The number of aromatic nitrogens is 3. The third-order valence-electron chi connectivity index (χ3n) is 5.10. The fourth-order valence-corrected chi connectivity index (χ4v) is 3.89. The zero-order valence-electron chi connectivity index (χ0n) is 18.4. The van der Waals surface area contributed by atoms with Crippen LogP contribution in [0.25, 0.3) is 22.0 Å². The molecule has 7 heteroatoms. The van der Waals surface area contributed by atoms with Crippen LogP contribution in [0.5, 0.6) is 0 Å². The van der Waals surface area contributed by atoms with Crippen LogP contribution in [-0.2, 0) is 6.54 Å². The van der Waals surface area contributed by atoms with Crippen molar-refractivity contribution in [3.05, 3.63) is 107 Å². The molecular weight excluding hydrogens is 432 g/mol. The first-order valence-electron chi connectivity index (χ1n) is 10.7. The largest absolute Gasteiger partial charge is 0.467 e. The van der Waals surface area contributed by atoms with Crippen LogP contribution in [0.4, 0.5) is 5.82 Å². The third kappa shape index (κ3) is 4.27. The number of rotatable bonds is 5. The van der Waals surface area contributed by atoms with Crippen molar-refractivity contribution >= 4 is 40.4 Å². The highest BCUT2D eigenvalue weighted by Gasteiger charge is 2.18. The van der Waals surface area contributed by atoms with E-state index in [-0.39, 0.29) is 5.56 Å². The number of hydrogen-bond donors (Lipinski definition) is 2. The number of benzene rings is 2. The van der Waals surface area contributed by atoms with E-state index in [9.17, 15) is 4.79 Å². The first-order chi connectivity index (χ1) is 16.1. The van der Waals surface area contributed by atoms with Gasteiger partial charge in [-0.3, -0.25) is 4.79 Å². The van der Waals surface area contributed by atoms with Crippen LogP contribution in [0.1, 0.15) is 30.7 Å². The molecular formula is C26H24N4O2S. The molecule has 2 aromatic carbocycles. The molecule has 33 heavy (non-hydrogen) atoms. The van der Waals surface area contributed by atoms with Crippen molar-refractivity contribution in [2.45, 2.75) is 25.4 Å². The Morgan fingerprint density at radius 1 is 1.03 bits per heavy atom. The van der Waals surface area contributed by atoms with Crippen molar-refractivity contribution in [2.75, 3.05) is 5.32 Å². The summed E-state index contributed by atoms with van der Waals surface area (Å²) in [5.74, 6) is 1.33. The Bertz CT molecular complexity index is 1480. The Hall–Kier alpha value is -3.84. The van der Waals surface area contributed by atoms with E-state index < -0.39 is 0 Å². The number of nitrogens with zero attached hydrogens (tertiary/aromatic N) is 3. The van der Waals surface area contributed by atoms with Crippen molar-refractivity contribution in [1.82, 2.24) is 14.6 Å². The van der Waals surface area contributed by atoms with Crippen LogP contribution in [0.15, 0.2) is 93.8 Å². The molecule has 0 saturated heterocycles. The van der Waals surface area contributed by atoms with Crippen LogP contribution in [-0.4, -0.2) is 14.6 Å². The number of furan rings is 1. The molecule has 3 aromatic heterocycles. The lowest BCUT2D eigenvalue weighted by atomic mass is 10.0. The van der Waals surface area contributed by atoms with Crippen LogP contribution in [0.3, 0.4) is 0 Å². The molecule has 0 atom stereocenters. The Kier molecular flexibility index (Phi) is 6.60. The summed E-state index contributed by atoms with van der Waals surface area (Å²) in [5.41, 5.74) is 1.83. The van der Waals surface area contributed by atoms with Gasteiger partial charge in [0, 0.05) is 10.8 Å². The summed E-state index contributed by atoms with van der Waals surface area (Å²) in [6, 6.07) is 20.9. The highest BCUT2D eigenvalue weighted by molar-refractivity contribution is 7.80. The van der Waals surface area contributed by atoms with Crippen molar-refractivity contribution < 1.29 is 4.42 Å².